The second-order valence-corrected chi connectivity index (χ2v) is 6.88. The zero-order valence-corrected chi connectivity index (χ0v) is 14.4. The average molecular weight is 360 g/mol. The van der Waals surface area contributed by atoms with Crippen molar-refractivity contribution in [2.75, 3.05) is 18.5 Å². The highest BCUT2D eigenvalue weighted by molar-refractivity contribution is 9.10. The van der Waals surface area contributed by atoms with Gasteiger partial charge in [0.05, 0.1) is 18.5 Å². The van der Waals surface area contributed by atoms with Gasteiger partial charge in [-0.05, 0) is 35.7 Å². The fourth-order valence-electron chi connectivity index (χ4n) is 2.15. The molecule has 1 unspecified atom stereocenters. The first-order chi connectivity index (χ1) is 9.78. The van der Waals surface area contributed by atoms with E-state index in [0.717, 1.165) is 0 Å². The highest BCUT2D eigenvalue weighted by Crippen LogP contribution is 2.23. The Morgan fingerprint density at radius 3 is 2.86 bits per heavy atom. The molecule has 1 fully saturated rings. The van der Waals surface area contributed by atoms with E-state index >= 15 is 0 Å². The first kappa shape index (κ1) is 16.5. The fourth-order valence-corrected chi connectivity index (χ4v) is 2.60. The summed E-state index contributed by atoms with van der Waals surface area (Å²) in [5.74, 6) is -0.171. The van der Waals surface area contributed by atoms with E-state index in [0.29, 0.717) is 35.8 Å². The molecule has 0 aliphatic carbocycles. The zero-order valence-electron chi connectivity index (χ0n) is 12.9. The third-order valence-corrected chi connectivity index (χ3v) is 3.88. The molecule has 1 aliphatic rings. The van der Waals surface area contributed by atoms with Gasteiger partial charge in [-0.15, -0.1) is 0 Å². The molecule has 21 heavy (non-hydrogen) atoms. The predicted octanol–water partition coefficient (Wildman–Crippen LogP) is 2.23. The molecule has 6 nitrogen and oxygen atoms in total. The van der Waals surface area contributed by atoms with Crippen LogP contribution in [-0.4, -0.2) is 34.8 Å². The van der Waals surface area contributed by atoms with Gasteiger partial charge in [0.25, 0.3) is 5.56 Å². The van der Waals surface area contributed by atoms with Gasteiger partial charge in [0, 0.05) is 13.1 Å². The lowest BCUT2D eigenvalue weighted by Crippen LogP contribution is -2.29. The summed E-state index contributed by atoms with van der Waals surface area (Å²) in [5.41, 5.74) is 0.547. The molecule has 2 rings (SSSR count). The van der Waals surface area contributed by atoms with Crippen LogP contribution in [0, 0.1) is 5.92 Å². The predicted molar refractivity (Wildman–Crippen MR) is 84.4 cm³/mol. The van der Waals surface area contributed by atoms with Crippen LogP contribution in [0.4, 0.5) is 5.69 Å². The Kier molecular flexibility index (Phi) is 5.06. The van der Waals surface area contributed by atoms with Gasteiger partial charge in [0.15, 0.2) is 5.79 Å². The van der Waals surface area contributed by atoms with E-state index in [9.17, 15) is 4.79 Å². The van der Waals surface area contributed by atoms with E-state index in [2.05, 4.69) is 26.3 Å². The van der Waals surface area contributed by atoms with Gasteiger partial charge in [0.2, 0.25) is 0 Å². The number of aromatic nitrogens is 2. The lowest BCUT2D eigenvalue weighted by molar-refractivity contribution is -0.136. The monoisotopic (exact) mass is 359 g/mol. The first-order valence-electron chi connectivity index (χ1n) is 7.10. The molecule has 118 valence electrons. The van der Waals surface area contributed by atoms with E-state index < -0.39 is 5.79 Å². The second-order valence-electron chi connectivity index (χ2n) is 6.08. The van der Waals surface area contributed by atoms with E-state index in [1.54, 1.807) is 6.20 Å². The van der Waals surface area contributed by atoms with Gasteiger partial charge >= 0.3 is 0 Å². The number of halogens is 1. The summed E-state index contributed by atoms with van der Waals surface area (Å²) in [5, 5.41) is 7.38. The Hall–Kier alpha value is -0.920. The molecule has 1 aromatic rings. The highest BCUT2D eigenvalue weighted by atomic mass is 79.9. The number of anilines is 1. The summed E-state index contributed by atoms with van der Waals surface area (Å²) < 4.78 is 13.2. The Bertz CT molecular complexity index is 557. The summed E-state index contributed by atoms with van der Waals surface area (Å²) in [6.07, 6.45) is 1.62. The van der Waals surface area contributed by atoms with Gasteiger partial charge in [-0.25, -0.2) is 4.68 Å². The van der Waals surface area contributed by atoms with Crippen molar-refractivity contribution in [1.82, 2.24) is 9.78 Å². The number of hydrogen-bond donors (Lipinski definition) is 1. The molecule has 1 aliphatic heterocycles. The number of nitrogens with one attached hydrogen (secondary N) is 1. The minimum absolute atomic E-state index is 0.0370. The van der Waals surface area contributed by atoms with Crippen molar-refractivity contribution in [3.05, 3.63) is 21.0 Å². The number of ether oxygens (including phenoxy) is 2. The Morgan fingerprint density at radius 2 is 2.29 bits per heavy atom. The van der Waals surface area contributed by atoms with E-state index in [1.807, 2.05) is 27.7 Å². The molecular weight excluding hydrogens is 338 g/mol. The van der Waals surface area contributed by atoms with Crippen molar-refractivity contribution in [2.24, 2.45) is 5.92 Å². The lowest BCUT2D eigenvalue weighted by atomic mass is 10.2. The van der Waals surface area contributed by atoms with Gasteiger partial charge in [0.1, 0.15) is 10.6 Å². The van der Waals surface area contributed by atoms with E-state index in [4.69, 9.17) is 9.47 Å². The smallest absolute Gasteiger partial charge is 0.283 e. The third kappa shape index (κ3) is 4.28. The third-order valence-electron chi connectivity index (χ3n) is 3.11. The van der Waals surface area contributed by atoms with Gasteiger partial charge < -0.3 is 14.8 Å². The maximum absolute atomic E-state index is 12.2. The SMILES string of the molecule is CC(C)Cn1ncc(NCC2COC(C)(C)O2)c(Br)c1=O. The van der Waals surface area contributed by atoms with Crippen LogP contribution in [0.3, 0.4) is 0 Å². The maximum atomic E-state index is 12.2. The molecular formula is C14H22BrN3O3. The average Bonchev–Trinajstić information content (AvgIpc) is 2.73. The molecule has 0 radical (unpaired) electrons. The largest absolute Gasteiger partial charge is 0.380 e. The highest BCUT2D eigenvalue weighted by Gasteiger charge is 2.32. The van der Waals surface area contributed by atoms with E-state index in [-0.39, 0.29) is 11.7 Å². The molecule has 1 N–H and O–H groups in total. The second kappa shape index (κ2) is 6.46. The van der Waals surface area contributed by atoms with Crippen LogP contribution >= 0.6 is 15.9 Å². The molecule has 0 saturated carbocycles. The summed E-state index contributed by atoms with van der Waals surface area (Å²) >= 11 is 3.35. The zero-order chi connectivity index (χ0) is 15.6. The number of rotatable bonds is 5. The summed E-state index contributed by atoms with van der Waals surface area (Å²) in [7, 11) is 0. The summed E-state index contributed by atoms with van der Waals surface area (Å²) in [6, 6.07) is 0. The molecule has 7 heteroatoms. The quantitative estimate of drug-likeness (QED) is 0.872. The minimum Gasteiger partial charge on any atom is -0.380 e. The Balaban J connectivity index is 2.01. The van der Waals surface area contributed by atoms with Gasteiger partial charge in [-0.2, -0.15) is 5.10 Å². The lowest BCUT2D eigenvalue weighted by Gasteiger charge is -2.18. The summed E-state index contributed by atoms with van der Waals surface area (Å²) in [6.45, 7) is 9.58. The first-order valence-corrected chi connectivity index (χ1v) is 7.89. The van der Waals surface area contributed by atoms with Crippen molar-refractivity contribution in [3.8, 4) is 0 Å². The van der Waals surface area contributed by atoms with Crippen molar-refractivity contribution >= 4 is 21.6 Å². The van der Waals surface area contributed by atoms with Crippen molar-refractivity contribution in [3.63, 3.8) is 0 Å². The Morgan fingerprint density at radius 1 is 1.57 bits per heavy atom. The topological polar surface area (TPSA) is 65.4 Å². The van der Waals surface area contributed by atoms with Gasteiger partial charge in [-0.1, -0.05) is 13.8 Å². The van der Waals surface area contributed by atoms with Crippen LogP contribution in [0.25, 0.3) is 0 Å². The standard InChI is InChI=1S/C14H22BrN3O3/c1-9(2)7-18-13(19)12(15)11(6-17-18)16-5-10-8-20-14(3,4)21-10/h6,9-10,16H,5,7-8H2,1-4H3. The van der Waals surface area contributed by atoms with Crippen LogP contribution in [0.5, 0.6) is 0 Å². The molecule has 0 bridgehead atoms. The summed E-state index contributed by atoms with van der Waals surface area (Å²) in [4.78, 5) is 12.2. The van der Waals surface area contributed by atoms with E-state index in [1.165, 1.54) is 4.68 Å². The molecule has 0 amide bonds. The van der Waals surface area contributed by atoms with Crippen molar-refractivity contribution in [1.29, 1.82) is 0 Å². The molecule has 1 aromatic heterocycles. The minimum atomic E-state index is -0.539. The Labute approximate surface area is 132 Å². The maximum Gasteiger partial charge on any atom is 0.283 e. The molecule has 0 spiro atoms. The van der Waals surface area contributed by atoms with Crippen LogP contribution < -0.4 is 10.9 Å². The van der Waals surface area contributed by atoms with Crippen LogP contribution in [0.2, 0.25) is 0 Å². The molecule has 2 heterocycles. The number of nitrogens with zero attached hydrogens (tertiary/aromatic N) is 2. The van der Waals surface area contributed by atoms with Crippen LogP contribution in [0.15, 0.2) is 15.5 Å². The normalized spacial score (nSPS) is 21.0. The fraction of sp³-hybridized carbons (Fsp3) is 0.714. The molecule has 0 aromatic carbocycles. The van der Waals surface area contributed by atoms with Crippen molar-refractivity contribution < 1.29 is 9.47 Å². The van der Waals surface area contributed by atoms with Crippen LogP contribution in [0.1, 0.15) is 27.7 Å². The number of hydrogen-bond acceptors (Lipinski definition) is 5. The van der Waals surface area contributed by atoms with Gasteiger partial charge in [-0.3, -0.25) is 4.79 Å². The van der Waals surface area contributed by atoms with Crippen LogP contribution in [-0.2, 0) is 16.0 Å². The molecule has 1 saturated heterocycles. The van der Waals surface area contributed by atoms with Crippen molar-refractivity contribution in [2.45, 2.75) is 46.1 Å². The molecule has 1 atom stereocenters.